The lowest BCUT2D eigenvalue weighted by molar-refractivity contribution is 1.08. The Bertz CT molecular complexity index is 381. The second-order valence-electron chi connectivity index (χ2n) is 3.39. The van der Waals surface area contributed by atoms with Crippen LogP contribution in [0.1, 0.15) is 11.1 Å². The van der Waals surface area contributed by atoms with E-state index in [4.69, 9.17) is 0 Å². The van der Waals surface area contributed by atoms with Crippen molar-refractivity contribution in [2.24, 2.45) is 0 Å². The van der Waals surface area contributed by atoms with Gasteiger partial charge in [0, 0.05) is 0 Å². The molecule has 0 unspecified atom stereocenters. The Morgan fingerprint density at radius 3 is 1.40 bits per heavy atom. The van der Waals surface area contributed by atoms with Crippen LogP contribution in [0, 0.1) is 0 Å². The molecule has 0 aliphatic carbocycles. The molecule has 0 bridgehead atoms. The molecule has 0 nitrogen and oxygen atoms in total. The molecule has 0 N–H and O–H groups in total. The smallest absolute Gasteiger partial charge is 0.0603 e. The van der Waals surface area contributed by atoms with Crippen LogP contribution in [0.5, 0.6) is 0 Å². The van der Waals surface area contributed by atoms with E-state index >= 15 is 0 Å². The van der Waals surface area contributed by atoms with Crippen LogP contribution in [0.25, 0.3) is 0 Å². The molecule has 0 fully saturated rings. The van der Waals surface area contributed by atoms with Gasteiger partial charge in [-0.2, -0.15) is 0 Å². The van der Waals surface area contributed by atoms with Crippen molar-refractivity contribution >= 4 is 26.2 Å². The lowest BCUT2D eigenvalue weighted by Gasteiger charge is -2.23. The molecule has 0 aliphatic heterocycles. The third kappa shape index (κ3) is 2.21. The molecular weight excluding hydrogens is 264 g/mol. The van der Waals surface area contributed by atoms with Gasteiger partial charge in [-0.15, -0.1) is 0 Å². The molecule has 73 valence electrons. The Balaban J connectivity index is 2.44. The standard InChI is InChI=1S/C13H10BrSi/c14-13(15,11-7-3-1-4-8-11)12-9-5-2-6-10-12/h1-10H. The number of rotatable bonds is 2. The first-order chi connectivity index (χ1) is 7.21. The van der Waals surface area contributed by atoms with E-state index in [9.17, 15) is 0 Å². The summed E-state index contributed by atoms with van der Waals surface area (Å²) in [5.41, 5.74) is 2.38. The second kappa shape index (κ2) is 4.33. The van der Waals surface area contributed by atoms with Gasteiger partial charge in [-0.1, -0.05) is 76.6 Å². The third-order valence-electron chi connectivity index (χ3n) is 2.34. The molecule has 2 aromatic rings. The van der Waals surface area contributed by atoms with Crippen molar-refractivity contribution < 1.29 is 0 Å². The maximum absolute atomic E-state index is 3.77. The zero-order valence-corrected chi connectivity index (χ0v) is 10.7. The Morgan fingerprint density at radius 2 is 1.07 bits per heavy atom. The molecule has 0 aliphatic rings. The van der Waals surface area contributed by atoms with E-state index in [1.165, 1.54) is 11.1 Å². The zero-order chi connectivity index (χ0) is 10.7. The van der Waals surface area contributed by atoms with Crippen LogP contribution < -0.4 is 0 Å². The van der Waals surface area contributed by atoms with Crippen molar-refractivity contribution in [1.29, 1.82) is 0 Å². The average Bonchev–Trinajstić information content (AvgIpc) is 2.31. The van der Waals surface area contributed by atoms with Crippen molar-refractivity contribution in [1.82, 2.24) is 0 Å². The largest absolute Gasteiger partial charge is 0.0796 e. The second-order valence-corrected chi connectivity index (χ2v) is 6.06. The fourth-order valence-corrected chi connectivity index (χ4v) is 2.36. The molecule has 0 atom stereocenters. The number of alkyl halides is 1. The maximum Gasteiger partial charge on any atom is 0.0603 e. The fourth-order valence-electron chi connectivity index (χ4n) is 1.50. The van der Waals surface area contributed by atoms with Crippen LogP contribution in [0.15, 0.2) is 60.7 Å². The molecule has 0 spiro atoms. The fraction of sp³-hybridized carbons (Fsp3) is 0.0769. The highest BCUT2D eigenvalue weighted by Gasteiger charge is 2.24. The van der Waals surface area contributed by atoms with Crippen LogP contribution in [0.4, 0.5) is 0 Å². The summed E-state index contributed by atoms with van der Waals surface area (Å²) in [5.74, 6) is 0. The van der Waals surface area contributed by atoms with Crippen LogP contribution in [-0.2, 0) is 3.95 Å². The summed E-state index contributed by atoms with van der Waals surface area (Å²) < 4.78 is -0.296. The number of halogens is 1. The van der Waals surface area contributed by atoms with Crippen molar-refractivity contribution in [2.75, 3.05) is 0 Å². The minimum Gasteiger partial charge on any atom is -0.0796 e. The number of hydrogen-bond donors (Lipinski definition) is 0. The van der Waals surface area contributed by atoms with E-state index in [-0.39, 0.29) is 3.95 Å². The molecule has 2 heteroatoms. The van der Waals surface area contributed by atoms with Gasteiger partial charge in [-0.25, -0.2) is 0 Å². The summed E-state index contributed by atoms with van der Waals surface area (Å²) in [6, 6.07) is 20.5. The number of benzene rings is 2. The maximum atomic E-state index is 3.77. The van der Waals surface area contributed by atoms with Crippen LogP contribution >= 0.6 is 15.9 Å². The van der Waals surface area contributed by atoms with Crippen molar-refractivity contribution in [3.05, 3.63) is 71.8 Å². The molecule has 3 radical (unpaired) electrons. The van der Waals surface area contributed by atoms with Gasteiger partial charge in [0.25, 0.3) is 0 Å². The summed E-state index contributed by atoms with van der Waals surface area (Å²) in [7, 11) is 3.77. The van der Waals surface area contributed by atoms with E-state index in [2.05, 4.69) is 50.4 Å². The van der Waals surface area contributed by atoms with Crippen LogP contribution in [0.3, 0.4) is 0 Å². The van der Waals surface area contributed by atoms with Gasteiger partial charge in [0.1, 0.15) is 0 Å². The first-order valence-corrected chi connectivity index (χ1v) is 6.05. The van der Waals surface area contributed by atoms with Crippen molar-refractivity contribution in [3.8, 4) is 0 Å². The molecule has 2 rings (SSSR count). The molecule has 0 heterocycles. The average molecular weight is 274 g/mol. The van der Waals surface area contributed by atoms with Gasteiger partial charge >= 0.3 is 0 Å². The lowest BCUT2D eigenvalue weighted by atomic mass is 10.0. The predicted molar refractivity (Wildman–Crippen MR) is 68.3 cm³/mol. The topological polar surface area (TPSA) is 0 Å². The van der Waals surface area contributed by atoms with E-state index in [0.717, 1.165) is 0 Å². The predicted octanol–water partition coefficient (Wildman–Crippen LogP) is 3.45. The van der Waals surface area contributed by atoms with Gasteiger partial charge in [0.15, 0.2) is 0 Å². The van der Waals surface area contributed by atoms with E-state index in [1.807, 2.05) is 36.4 Å². The monoisotopic (exact) mass is 273 g/mol. The molecule has 15 heavy (non-hydrogen) atoms. The van der Waals surface area contributed by atoms with Gasteiger partial charge in [-0.05, 0) is 11.1 Å². The molecule has 0 amide bonds. The summed E-state index contributed by atoms with van der Waals surface area (Å²) in [5, 5.41) is 0. The highest BCUT2D eigenvalue weighted by Crippen LogP contribution is 2.34. The summed E-state index contributed by atoms with van der Waals surface area (Å²) in [6.07, 6.45) is 0. The van der Waals surface area contributed by atoms with Crippen LogP contribution in [0.2, 0.25) is 0 Å². The molecule has 0 aromatic heterocycles. The summed E-state index contributed by atoms with van der Waals surface area (Å²) in [4.78, 5) is 0. The van der Waals surface area contributed by atoms with E-state index in [0.29, 0.717) is 0 Å². The number of hydrogen-bond acceptors (Lipinski definition) is 0. The van der Waals surface area contributed by atoms with Gasteiger partial charge in [-0.3, -0.25) is 0 Å². The van der Waals surface area contributed by atoms with Gasteiger partial charge in [0.05, 0.1) is 14.2 Å². The molecule has 0 saturated heterocycles. The van der Waals surface area contributed by atoms with Gasteiger partial charge < -0.3 is 0 Å². The first-order valence-electron chi connectivity index (χ1n) is 4.76. The quantitative estimate of drug-likeness (QED) is 0.581. The SMILES string of the molecule is [Si]C(Br)(c1ccccc1)c1ccccc1. The zero-order valence-electron chi connectivity index (χ0n) is 8.15. The Hall–Kier alpha value is -0.863. The van der Waals surface area contributed by atoms with E-state index in [1.54, 1.807) is 0 Å². The van der Waals surface area contributed by atoms with Crippen molar-refractivity contribution in [2.45, 2.75) is 3.95 Å². The molecule has 0 saturated carbocycles. The highest BCUT2D eigenvalue weighted by atomic mass is 79.9. The first kappa shape index (κ1) is 10.6. The van der Waals surface area contributed by atoms with E-state index < -0.39 is 0 Å². The minimum atomic E-state index is -0.296. The summed E-state index contributed by atoms with van der Waals surface area (Å²) in [6.45, 7) is 0. The highest BCUT2D eigenvalue weighted by molar-refractivity contribution is 9.10. The summed E-state index contributed by atoms with van der Waals surface area (Å²) >= 11 is 3.71. The van der Waals surface area contributed by atoms with Gasteiger partial charge in [0.2, 0.25) is 0 Å². The minimum absolute atomic E-state index is 0.296. The Kier molecular flexibility index (Phi) is 3.07. The normalized spacial score (nSPS) is 11.3. The third-order valence-corrected chi connectivity index (χ3v) is 3.84. The van der Waals surface area contributed by atoms with Crippen LogP contribution in [-0.4, -0.2) is 10.2 Å². The lowest BCUT2D eigenvalue weighted by Crippen LogP contribution is -2.19. The molecular formula is C13H10BrSi. The molecule has 2 aromatic carbocycles. The Morgan fingerprint density at radius 1 is 0.733 bits per heavy atom. The Labute approximate surface area is 102 Å². The van der Waals surface area contributed by atoms with Crippen molar-refractivity contribution in [3.63, 3.8) is 0 Å².